The summed E-state index contributed by atoms with van der Waals surface area (Å²) in [4.78, 5) is -0.0206. The van der Waals surface area contributed by atoms with Crippen LogP contribution in [0.15, 0.2) is 23.1 Å². The summed E-state index contributed by atoms with van der Waals surface area (Å²) in [7, 11) is -3.73. The molecule has 6 heteroatoms. The Bertz CT molecular complexity index is 686. The third-order valence-electron chi connectivity index (χ3n) is 4.71. The van der Waals surface area contributed by atoms with Crippen molar-refractivity contribution in [1.29, 1.82) is 5.26 Å². The van der Waals surface area contributed by atoms with E-state index in [1.807, 2.05) is 33.8 Å². The van der Waals surface area contributed by atoms with Gasteiger partial charge in [0, 0.05) is 11.7 Å². The van der Waals surface area contributed by atoms with Gasteiger partial charge in [0.05, 0.1) is 10.5 Å². The fraction of sp³-hybridized carbons (Fsp3) is 0.500. The molecule has 2 rings (SSSR count). The second kappa shape index (κ2) is 4.21. The largest absolute Gasteiger partial charge is 0.399 e. The maximum absolute atomic E-state index is 12.4. The highest BCUT2D eigenvalue weighted by Crippen LogP contribution is 2.62. The molecule has 108 valence electrons. The van der Waals surface area contributed by atoms with Crippen molar-refractivity contribution in [2.24, 2.45) is 10.8 Å². The van der Waals surface area contributed by atoms with E-state index in [-0.39, 0.29) is 27.3 Å². The van der Waals surface area contributed by atoms with E-state index in [9.17, 15) is 8.42 Å². The molecule has 0 radical (unpaired) electrons. The molecular formula is C14H19N3O2S. The summed E-state index contributed by atoms with van der Waals surface area (Å²) >= 11 is 0. The van der Waals surface area contributed by atoms with E-state index >= 15 is 0 Å². The number of nitrogen functional groups attached to an aromatic ring is 1. The van der Waals surface area contributed by atoms with Crippen LogP contribution in [0.2, 0.25) is 0 Å². The smallest absolute Gasteiger partial charge is 0.242 e. The summed E-state index contributed by atoms with van der Waals surface area (Å²) in [6.07, 6.45) is 0. The second-order valence-corrected chi connectivity index (χ2v) is 8.05. The van der Waals surface area contributed by atoms with Gasteiger partial charge in [0.2, 0.25) is 10.0 Å². The SMILES string of the molecule is CC1(C)C(NS(=O)(=O)c2ccc(N)cc2C#N)C1(C)C. The van der Waals surface area contributed by atoms with Gasteiger partial charge >= 0.3 is 0 Å². The Labute approximate surface area is 119 Å². The molecule has 0 amide bonds. The van der Waals surface area contributed by atoms with E-state index in [0.29, 0.717) is 5.69 Å². The summed E-state index contributed by atoms with van der Waals surface area (Å²) < 4.78 is 27.6. The zero-order valence-corrected chi connectivity index (χ0v) is 12.9. The molecule has 0 bridgehead atoms. The zero-order valence-electron chi connectivity index (χ0n) is 12.1. The van der Waals surface area contributed by atoms with Gasteiger partial charge in [-0.3, -0.25) is 0 Å². The van der Waals surface area contributed by atoms with Crippen LogP contribution in [-0.2, 0) is 10.0 Å². The molecule has 1 fully saturated rings. The predicted molar refractivity (Wildman–Crippen MR) is 77.2 cm³/mol. The molecule has 0 unspecified atom stereocenters. The van der Waals surface area contributed by atoms with Crippen LogP contribution >= 0.6 is 0 Å². The van der Waals surface area contributed by atoms with Crippen LogP contribution in [0.4, 0.5) is 5.69 Å². The van der Waals surface area contributed by atoms with E-state index < -0.39 is 10.0 Å². The van der Waals surface area contributed by atoms with Crippen molar-refractivity contribution in [3.8, 4) is 6.07 Å². The Morgan fingerprint density at radius 1 is 1.25 bits per heavy atom. The fourth-order valence-electron chi connectivity index (χ4n) is 2.58. The summed E-state index contributed by atoms with van der Waals surface area (Å²) in [6, 6.07) is 5.96. The highest BCUT2D eigenvalue weighted by molar-refractivity contribution is 7.89. The number of anilines is 1. The summed E-state index contributed by atoms with van der Waals surface area (Å²) in [5.41, 5.74) is 5.79. The van der Waals surface area contributed by atoms with Crippen molar-refractivity contribution >= 4 is 15.7 Å². The monoisotopic (exact) mass is 293 g/mol. The Balaban J connectivity index is 2.37. The second-order valence-electron chi connectivity index (χ2n) is 6.37. The van der Waals surface area contributed by atoms with Crippen LogP contribution in [0.25, 0.3) is 0 Å². The van der Waals surface area contributed by atoms with Crippen LogP contribution < -0.4 is 10.5 Å². The van der Waals surface area contributed by atoms with Crippen molar-refractivity contribution in [3.05, 3.63) is 23.8 Å². The van der Waals surface area contributed by atoms with Gasteiger partial charge in [0.25, 0.3) is 0 Å². The van der Waals surface area contributed by atoms with Crippen LogP contribution in [0.3, 0.4) is 0 Å². The quantitative estimate of drug-likeness (QED) is 0.831. The number of benzene rings is 1. The Morgan fingerprint density at radius 3 is 2.25 bits per heavy atom. The predicted octanol–water partition coefficient (Wildman–Crippen LogP) is 1.85. The van der Waals surface area contributed by atoms with Crippen LogP contribution in [-0.4, -0.2) is 14.5 Å². The molecule has 20 heavy (non-hydrogen) atoms. The molecule has 1 aliphatic carbocycles. The first-order valence-electron chi connectivity index (χ1n) is 6.36. The van der Waals surface area contributed by atoms with Gasteiger partial charge in [-0.05, 0) is 29.0 Å². The normalized spacial score (nSPS) is 20.4. The minimum absolute atomic E-state index is 0.0206. The minimum atomic E-state index is -3.73. The third-order valence-corrected chi connectivity index (χ3v) is 6.19. The fourth-order valence-corrected chi connectivity index (χ4v) is 4.25. The lowest BCUT2D eigenvalue weighted by atomic mass is 10.0. The van der Waals surface area contributed by atoms with Gasteiger partial charge in [0.15, 0.2) is 0 Å². The average molecular weight is 293 g/mol. The van der Waals surface area contributed by atoms with Crippen LogP contribution in [0, 0.1) is 22.2 Å². The first-order valence-corrected chi connectivity index (χ1v) is 7.84. The summed E-state index contributed by atoms with van der Waals surface area (Å²) in [6.45, 7) is 8.09. The molecule has 0 heterocycles. The van der Waals surface area contributed by atoms with Crippen molar-refractivity contribution in [1.82, 2.24) is 4.72 Å². The number of nitrogens with zero attached hydrogens (tertiary/aromatic N) is 1. The average Bonchev–Trinajstić information content (AvgIpc) is 2.70. The Kier molecular flexibility index (Phi) is 3.12. The van der Waals surface area contributed by atoms with Crippen molar-refractivity contribution < 1.29 is 8.42 Å². The summed E-state index contributed by atoms with van der Waals surface area (Å²) in [5.74, 6) is 0. The van der Waals surface area contributed by atoms with Gasteiger partial charge in [0.1, 0.15) is 6.07 Å². The molecule has 1 aromatic rings. The standard InChI is InChI=1S/C14H19N3O2S/c1-13(2)12(14(13,3)4)17-20(18,19)11-6-5-10(16)7-9(11)8-15/h5-7,12,17H,16H2,1-4H3. The number of rotatable bonds is 3. The van der Waals surface area contributed by atoms with Gasteiger partial charge in [-0.25, -0.2) is 13.1 Å². The lowest BCUT2D eigenvalue weighted by Crippen LogP contribution is -2.30. The minimum Gasteiger partial charge on any atom is -0.399 e. The topological polar surface area (TPSA) is 96.0 Å². The molecule has 5 nitrogen and oxygen atoms in total. The molecule has 0 saturated heterocycles. The number of sulfonamides is 1. The maximum Gasteiger partial charge on any atom is 0.242 e. The maximum atomic E-state index is 12.4. The van der Waals surface area contributed by atoms with E-state index in [2.05, 4.69) is 4.72 Å². The molecule has 1 aliphatic rings. The van der Waals surface area contributed by atoms with Gasteiger partial charge < -0.3 is 5.73 Å². The highest BCUT2D eigenvalue weighted by atomic mass is 32.2. The Hall–Kier alpha value is -1.58. The number of hydrogen-bond donors (Lipinski definition) is 2. The van der Waals surface area contributed by atoms with Crippen molar-refractivity contribution in [3.63, 3.8) is 0 Å². The van der Waals surface area contributed by atoms with Gasteiger partial charge in [-0.15, -0.1) is 0 Å². The summed E-state index contributed by atoms with van der Waals surface area (Å²) in [5, 5.41) is 9.06. The zero-order chi connectivity index (χ0) is 15.3. The highest BCUT2D eigenvalue weighted by Gasteiger charge is 2.66. The van der Waals surface area contributed by atoms with Gasteiger partial charge in [-0.2, -0.15) is 5.26 Å². The molecule has 0 atom stereocenters. The number of hydrogen-bond acceptors (Lipinski definition) is 4. The van der Waals surface area contributed by atoms with E-state index in [4.69, 9.17) is 11.0 Å². The molecule has 3 N–H and O–H groups in total. The lowest BCUT2D eigenvalue weighted by Gasteiger charge is -2.10. The molecule has 1 saturated carbocycles. The molecule has 0 spiro atoms. The lowest BCUT2D eigenvalue weighted by molar-refractivity contribution is 0.457. The van der Waals surface area contributed by atoms with Crippen LogP contribution in [0.1, 0.15) is 33.3 Å². The first kappa shape index (κ1) is 14.8. The van der Waals surface area contributed by atoms with E-state index in [1.54, 1.807) is 0 Å². The molecule has 0 aromatic heterocycles. The molecule has 1 aromatic carbocycles. The van der Waals surface area contributed by atoms with E-state index in [0.717, 1.165) is 0 Å². The molecular weight excluding hydrogens is 274 g/mol. The number of nitrogens with two attached hydrogens (primary N) is 1. The van der Waals surface area contributed by atoms with Gasteiger partial charge in [-0.1, -0.05) is 27.7 Å². The first-order chi connectivity index (χ1) is 9.04. The van der Waals surface area contributed by atoms with Crippen molar-refractivity contribution in [2.45, 2.75) is 38.6 Å². The van der Waals surface area contributed by atoms with Crippen LogP contribution in [0.5, 0.6) is 0 Å². The third kappa shape index (κ3) is 2.07. The van der Waals surface area contributed by atoms with Crippen molar-refractivity contribution in [2.75, 3.05) is 5.73 Å². The Morgan fingerprint density at radius 2 is 1.80 bits per heavy atom. The number of nitrogens with one attached hydrogen (secondary N) is 1. The van der Waals surface area contributed by atoms with E-state index in [1.165, 1.54) is 18.2 Å². The number of nitriles is 1. The molecule has 0 aliphatic heterocycles.